The number of hydrogen-bond donors (Lipinski definition) is 1. The molecule has 2 atom stereocenters. The van der Waals surface area contributed by atoms with Crippen LogP contribution in [0.1, 0.15) is 26.2 Å². The van der Waals surface area contributed by atoms with E-state index < -0.39 is 5.97 Å². The Morgan fingerprint density at radius 1 is 1.43 bits per heavy atom. The van der Waals surface area contributed by atoms with E-state index in [0.29, 0.717) is 26.2 Å². The number of rotatable bonds is 3. The van der Waals surface area contributed by atoms with Gasteiger partial charge in [-0.25, -0.2) is 4.79 Å². The van der Waals surface area contributed by atoms with E-state index in [0.717, 1.165) is 12.8 Å². The normalized spacial score (nSPS) is 30.3. The Labute approximate surface area is 124 Å². The Morgan fingerprint density at radius 2 is 2.19 bits per heavy atom. The zero-order valence-electron chi connectivity index (χ0n) is 12.7. The molecule has 0 saturated carbocycles. The van der Waals surface area contributed by atoms with Gasteiger partial charge in [-0.1, -0.05) is 0 Å². The number of carboxylic acids is 1. The predicted molar refractivity (Wildman–Crippen MR) is 75.2 cm³/mol. The van der Waals surface area contributed by atoms with Crippen molar-refractivity contribution in [3.05, 3.63) is 0 Å². The molecule has 0 aliphatic carbocycles. The lowest BCUT2D eigenvalue weighted by Crippen LogP contribution is -2.58. The second kappa shape index (κ2) is 6.62. The molecule has 2 saturated heterocycles. The Hall–Kier alpha value is -1.34. The van der Waals surface area contributed by atoms with Gasteiger partial charge >= 0.3 is 12.0 Å². The van der Waals surface area contributed by atoms with Crippen LogP contribution in [0.15, 0.2) is 0 Å². The minimum absolute atomic E-state index is 0.0822. The number of methoxy groups -OCH3 is 1. The number of amides is 2. The first-order valence-electron chi connectivity index (χ1n) is 7.35. The molecule has 120 valence electrons. The highest BCUT2D eigenvalue weighted by atomic mass is 16.5. The minimum Gasteiger partial charge on any atom is -0.481 e. The molecule has 2 fully saturated rings. The van der Waals surface area contributed by atoms with Crippen LogP contribution in [-0.4, -0.2) is 78.5 Å². The monoisotopic (exact) mass is 300 g/mol. The Morgan fingerprint density at radius 3 is 2.86 bits per heavy atom. The number of carbonyl (C=O) groups is 2. The summed E-state index contributed by atoms with van der Waals surface area (Å²) >= 11 is 0. The fourth-order valence-corrected chi connectivity index (χ4v) is 2.99. The molecule has 0 spiro atoms. The summed E-state index contributed by atoms with van der Waals surface area (Å²) < 4.78 is 10.8. The van der Waals surface area contributed by atoms with Gasteiger partial charge in [0.15, 0.2) is 0 Å². The smallest absolute Gasteiger partial charge is 0.320 e. The number of nitrogens with zero attached hydrogens (tertiary/aromatic N) is 2. The molecule has 21 heavy (non-hydrogen) atoms. The van der Waals surface area contributed by atoms with E-state index in [9.17, 15) is 9.59 Å². The molecule has 2 aliphatic heterocycles. The van der Waals surface area contributed by atoms with Crippen molar-refractivity contribution < 1.29 is 24.2 Å². The summed E-state index contributed by atoms with van der Waals surface area (Å²) in [5.74, 6) is -0.913. The highest BCUT2D eigenvalue weighted by Crippen LogP contribution is 2.25. The molecule has 0 aromatic rings. The fraction of sp³-hybridized carbons (Fsp3) is 0.857. The molecular formula is C14H24N2O5. The second-order valence-electron chi connectivity index (χ2n) is 5.98. The molecule has 2 rings (SSSR count). The van der Waals surface area contributed by atoms with Gasteiger partial charge in [0.25, 0.3) is 0 Å². The summed E-state index contributed by atoms with van der Waals surface area (Å²) in [6.45, 7) is 4.41. The van der Waals surface area contributed by atoms with Crippen LogP contribution in [-0.2, 0) is 14.3 Å². The lowest BCUT2D eigenvalue weighted by atomic mass is 9.95. The number of aliphatic carboxylic acids is 1. The van der Waals surface area contributed by atoms with Crippen molar-refractivity contribution in [1.82, 2.24) is 9.80 Å². The highest BCUT2D eigenvalue weighted by molar-refractivity contribution is 5.76. The maximum atomic E-state index is 12.7. The van der Waals surface area contributed by atoms with Crippen LogP contribution in [0.2, 0.25) is 0 Å². The average Bonchev–Trinajstić information content (AvgIpc) is 2.46. The summed E-state index contributed by atoms with van der Waals surface area (Å²) in [5, 5.41) is 8.97. The van der Waals surface area contributed by atoms with Crippen molar-refractivity contribution in [3.8, 4) is 0 Å². The molecule has 7 nitrogen and oxygen atoms in total. The first-order valence-corrected chi connectivity index (χ1v) is 7.35. The zero-order chi connectivity index (χ0) is 15.5. The van der Waals surface area contributed by atoms with Crippen LogP contribution in [0.5, 0.6) is 0 Å². The van der Waals surface area contributed by atoms with E-state index in [1.165, 1.54) is 0 Å². The van der Waals surface area contributed by atoms with E-state index in [4.69, 9.17) is 14.6 Å². The molecule has 0 bridgehead atoms. The Kier molecular flexibility index (Phi) is 5.05. The first-order chi connectivity index (χ1) is 9.95. The van der Waals surface area contributed by atoms with Gasteiger partial charge in [0.05, 0.1) is 37.8 Å². The fourth-order valence-electron chi connectivity index (χ4n) is 2.99. The summed E-state index contributed by atoms with van der Waals surface area (Å²) in [7, 11) is 1.66. The number of carboxylic acid groups (broad SMARTS) is 1. The third-order valence-electron chi connectivity index (χ3n) is 4.31. The zero-order valence-corrected chi connectivity index (χ0v) is 12.7. The molecule has 2 aliphatic rings. The van der Waals surface area contributed by atoms with Crippen molar-refractivity contribution in [1.29, 1.82) is 0 Å². The van der Waals surface area contributed by atoms with Crippen molar-refractivity contribution >= 4 is 12.0 Å². The SMILES string of the molecule is COC1(C)CCCN(C(=O)N2CCOCC2CC(=O)O)C1. The van der Waals surface area contributed by atoms with E-state index >= 15 is 0 Å². The average molecular weight is 300 g/mol. The summed E-state index contributed by atoms with van der Waals surface area (Å²) in [5.41, 5.74) is -0.317. The van der Waals surface area contributed by atoms with Gasteiger partial charge in [0, 0.05) is 20.2 Å². The topological polar surface area (TPSA) is 79.3 Å². The van der Waals surface area contributed by atoms with E-state index in [-0.39, 0.29) is 30.7 Å². The van der Waals surface area contributed by atoms with Crippen LogP contribution in [0, 0.1) is 0 Å². The van der Waals surface area contributed by atoms with Crippen LogP contribution in [0.3, 0.4) is 0 Å². The molecule has 2 heterocycles. The van der Waals surface area contributed by atoms with Gasteiger partial charge < -0.3 is 24.4 Å². The number of carbonyl (C=O) groups excluding carboxylic acids is 1. The second-order valence-corrected chi connectivity index (χ2v) is 5.98. The van der Waals surface area contributed by atoms with Crippen LogP contribution >= 0.6 is 0 Å². The quantitative estimate of drug-likeness (QED) is 0.833. The standard InChI is InChI=1S/C14H24N2O5/c1-14(20-2)4-3-5-15(10-14)13(19)16-6-7-21-9-11(16)8-12(17)18/h11H,3-10H2,1-2H3,(H,17,18). The van der Waals surface area contributed by atoms with Crippen molar-refractivity contribution in [3.63, 3.8) is 0 Å². The van der Waals surface area contributed by atoms with Crippen LogP contribution in [0.25, 0.3) is 0 Å². The molecular weight excluding hydrogens is 276 g/mol. The van der Waals surface area contributed by atoms with E-state index in [2.05, 4.69) is 0 Å². The lowest BCUT2D eigenvalue weighted by molar-refractivity contribution is -0.139. The predicted octanol–water partition coefficient (Wildman–Crippen LogP) is 0.783. The Balaban J connectivity index is 2.04. The molecule has 0 radical (unpaired) electrons. The number of morpholine rings is 1. The third kappa shape index (κ3) is 3.85. The van der Waals surface area contributed by atoms with Crippen molar-refractivity contribution in [2.24, 2.45) is 0 Å². The van der Waals surface area contributed by atoms with Gasteiger partial charge in [-0.2, -0.15) is 0 Å². The van der Waals surface area contributed by atoms with Gasteiger partial charge in [0.2, 0.25) is 0 Å². The van der Waals surface area contributed by atoms with E-state index in [1.807, 2.05) is 6.92 Å². The highest BCUT2D eigenvalue weighted by Gasteiger charge is 2.37. The molecule has 2 amide bonds. The number of piperidine rings is 1. The van der Waals surface area contributed by atoms with Gasteiger partial charge in [-0.3, -0.25) is 4.79 Å². The molecule has 1 N–H and O–H groups in total. The number of urea groups is 1. The third-order valence-corrected chi connectivity index (χ3v) is 4.31. The summed E-state index contributed by atoms with van der Waals surface area (Å²) in [6, 6.07) is -0.494. The van der Waals surface area contributed by atoms with Gasteiger partial charge in [-0.15, -0.1) is 0 Å². The van der Waals surface area contributed by atoms with E-state index in [1.54, 1.807) is 16.9 Å². The number of likely N-dealkylation sites (tertiary alicyclic amines) is 1. The van der Waals surface area contributed by atoms with Crippen molar-refractivity contribution in [2.45, 2.75) is 37.8 Å². The minimum atomic E-state index is -0.913. The number of hydrogen-bond acceptors (Lipinski definition) is 4. The maximum absolute atomic E-state index is 12.7. The van der Waals surface area contributed by atoms with Crippen molar-refractivity contribution in [2.75, 3.05) is 40.0 Å². The number of ether oxygens (including phenoxy) is 2. The largest absolute Gasteiger partial charge is 0.481 e. The van der Waals surface area contributed by atoms with Gasteiger partial charge in [-0.05, 0) is 19.8 Å². The molecule has 2 unspecified atom stereocenters. The Bertz CT molecular complexity index is 403. The summed E-state index contributed by atoms with van der Waals surface area (Å²) in [6.07, 6.45) is 1.74. The van der Waals surface area contributed by atoms with Crippen LogP contribution in [0.4, 0.5) is 4.79 Å². The summed E-state index contributed by atoms with van der Waals surface area (Å²) in [4.78, 5) is 27.0. The molecule has 0 aromatic heterocycles. The lowest BCUT2D eigenvalue weighted by Gasteiger charge is -2.43. The van der Waals surface area contributed by atoms with Gasteiger partial charge in [0.1, 0.15) is 0 Å². The molecule has 0 aromatic carbocycles. The maximum Gasteiger partial charge on any atom is 0.320 e. The first kappa shape index (κ1) is 16.0. The molecule has 7 heteroatoms. The van der Waals surface area contributed by atoms with Crippen LogP contribution < -0.4 is 0 Å².